The van der Waals surface area contributed by atoms with Crippen molar-refractivity contribution in [1.82, 2.24) is 9.88 Å². The minimum atomic E-state index is -0.303. The lowest BCUT2D eigenvalue weighted by Crippen LogP contribution is -2.30. The zero-order chi connectivity index (χ0) is 22.7. The number of ether oxygens (including phenoxy) is 1. The van der Waals surface area contributed by atoms with Crippen LogP contribution < -0.4 is 0 Å². The van der Waals surface area contributed by atoms with E-state index in [1.807, 2.05) is 38.1 Å². The van der Waals surface area contributed by atoms with Gasteiger partial charge in [-0.3, -0.25) is 19.3 Å². The van der Waals surface area contributed by atoms with Gasteiger partial charge in [0.15, 0.2) is 0 Å². The minimum Gasteiger partial charge on any atom is -0.465 e. The lowest BCUT2D eigenvalue weighted by atomic mass is 10.1. The molecule has 0 aliphatic carbocycles. The van der Waals surface area contributed by atoms with Gasteiger partial charge in [-0.05, 0) is 38.8 Å². The summed E-state index contributed by atoms with van der Waals surface area (Å²) in [5.74, 6) is -0.818. The van der Waals surface area contributed by atoms with Crippen molar-refractivity contribution in [2.75, 3.05) is 13.2 Å². The fraction of sp³-hybridized carbons (Fsp3) is 0.280. The topological polar surface area (TPSA) is 76.6 Å². The zero-order valence-electron chi connectivity index (χ0n) is 18.1. The standard InChI is InChI=1S/C25H24N2O4S/c1-16-9-11-18(12-10-16)23-21(32-17(2)26-23)15-22(28)31-14-6-5-13-27-24(29)19-7-3-4-8-20(19)25(27)30/h3-4,7-12H,5-6,13-15H2,1-2H3. The predicted octanol–water partition coefficient (Wildman–Crippen LogP) is 4.59. The lowest BCUT2D eigenvalue weighted by molar-refractivity contribution is -0.142. The highest BCUT2D eigenvalue weighted by Crippen LogP contribution is 2.29. The third kappa shape index (κ3) is 4.62. The van der Waals surface area contributed by atoms with Gasteiger partial charge in [0.1, 0.15) is 0 Å². The molecule has 1 aliphatic heterocycles. The number of rotatable bonds is 8. The van der Waals surface area contributed by atoms with Crippen LogP contribution in [0.1, 0.15) is 49.0 Å². The molecule has 7 heteroatoms. The Morgan fingerprint density at radius 2 is 1.62 bits per heavy atom. The van der Waals surface area contributed by atoms with Crippen LogP contribution in [0.3, 0.4) is 0 Å². The number of benzene rings is 2. The molecule has 2 heterocycles. The molecule has 4 rings (SSSR count). The molecule has 0 unspecified atom stereocenters. The Morgan fingerprint density at radius 3 is 2.28 bits per heavy atom. The van der Waals surface area contributed by atoms with Crippen LogP contribution in [0.2, 0.25) is 0 Å². The average Bonchev–Trinajstić information content (AvgIpc) is 3.26. The minimum absolute atomic E-state index is 0.174. The smallest absolute Gasteiger partial charge is 0.311 e. The van der Waals surface area contributed by atoms with Crippen LogP contribution in [0.15, 0.2) is 48.5 Å². The van der Waals surface area contributed by atoms with Crippen LogP contribution in [0.4, 0.5) is 0 Å². The Morgan fingerprint density at radius 1 is 0.969 bits per heavy atom. The molecule has 2 amide bonds. The molecule has 3 aromatic rings. The maximum absolute atomic E-state index is 12.4. The number of thiazole rings is 1. The summed E-state index contributed by atoms with van der Waals surface area (Å²) in [7, 11) is 0. The zero-order valence-corrected chi connectivity index (χ0v) is 18.9. The number of carbonyl (C=O) groups is 3. The highest BCUT2D eigenvalue weighted by molar-refractivity contribution is 7.12. The van der Waals surface area contributed by atoms with E-state index in [0.717, 1.165) is 21.1 Å². The van der Waals surface area contributed by atoms with E-state index in [4.69, 9.17) is 4.74 Å². The Hall–Kier alpha value is -3.32. The number of aromatic nitrogens is 1. The molecule has 0 spiro atoms. The molecule has 1 aromatic heterocycles. The van der Waals surface area contributed by atoms with Crippen molar-refractivity contribution in [2.24, 2.45) is 0 Å². The number of hydrogen-bond donors (Lipinski definition) is 0. The summed E-state index contributed by atoms with van der Waals surface area (Å²) in [6.45, 7) is 4.52. The number of aryl methyl sites for hydroxylation is 2. The number of esters is 1. The van der Waals surface area contributed by atoms with Crippen LogP contribution in [-0.2, 0) is 16.0 Å². The van der Waals surface area contributed by atoms with E-state index in [9.17, 15) is 14.4 Å². The first kappa shape index (κ1) is 21.9. The number of amides is 2. The fourth-order valence-corrected chi connectivity index (χ4v) is 4.65. The summed E-state index contributed by atoms with van der Waals surface area (Å²) in [6, 6.07) is 14.9. The van der Waals surface area contributed by atoms with Crippen LogP contribution in [-0.4, -0.2) is 40.8 Å². The molecule has 1 aliphatic rings. The summed E-state index contributed by atoms with van der Waals surface area (Å²) < 4.78 is 5.40. The molecule has 0 saturated heterocycles. The Bertz CT molecular complexity index is 1130. The van der Waals surface area contributed by atoms with Gasteiger partial charge in [-0.1, -0.05) is 42.0 Å². The fourth-order valence-electron chi connectivity index (χ4n) is 3.71. The molecule has 0 radical (unpaired) electrons. The number of nitrogens with zero attached hydrogens (tertiary/aromatic N) is 2. The molecule has 0 N–H and O–H groups in total. The second kappa shape index (κ2) is 9.44. The first-order chi connectivity index (χ1) is 15.4. The largest absolute Gasteiger partial charge is 0.465 e. The van der Waals surface area contributed by atoms with Crippen LogP contribution >= 0.6 is 11.3 Å². The van der Waals surface area contributed by atoms with Gasteiger partial charge in [-0.25, -0.2) is 4.98 Å². The van der Waals surface area contributed by atoms with Crippen molar-refractivity contribution in [3.05, 3.63) is 75.1 Å². The molecule has 32 heavy (non-hydrogen) atoms. The molecule has 6 nitrogen and oxygen atoms in total. The number of carbonyl (C=O) groups excluding carboxylic acids is 3. The molecule has 0 saturated carbocycles. The summed E-state index contributed by atoms with van der Waals surface area (Å²) >= 11 is 1.50. The van der Waals surface area contributed by atoms with Gasteiger partial charge in [0.2, 0.25) is 0 Å². The number of unbranched alkanes of at least 4 members (excludes halogenated alkanes) is 1. The van der Waals surface area contributed by atoms with Crippen LogP contribution in [0, 0.1) is 13.8 Å². The van der Waals surface area contributed by atoms with Crippen molar-refractivity contribution < 1.29 is 19.1 Å². The molecule has 0 atom stereocenters. The lowest BCUT2D eigenvalue weighted by Gasteiger charge is -2.13. The summed E-state index contributed by atoms with van der Waals surface area (Å²) in [5, 5.41) is 0.907. The van der Waals surface area contributed by atoms with E-state index >= 15 is 0 Å². The third-order valence-electron chi connectivity index (χ3n) is 5.35. The second-order valence-electron chi connectivity index (χ2n) is 7.78. The Labute approximate surface area is 190 Å². The van der Waals surface area contributed by atoms with E-state index in [1.54, 1.807) is 24.3 Å². The molecule has 2 aromatic carbocycles. The molecule has 0 bridgehead atoms. The summed E-state index contributed by atoms with van der Waals surface area (Å²) in [4.78, 5) is 43.8. The van der Waals surface area contributed by atoms with Gasteiger partial charge < -0.3 is 4.74 Å². The SMILES string of the molecule is Cc1ccc(-c2nc(C)sc2CC(=O)OCCCCN2C(=O)c3ccccc3C2=O)cc1. The average molecular weight is 449 g/mol. The number of fused-ring (bicyclic) bond motifs is 1. The van der Waals surface area contributed by atoms with Gasteiger partial charge in [-0.15, -0.1) is 11.3 Å². The van der Waals surface area contributed by atoms with E-state index < -0.39 is 0 Å². The second-order valence-corrected chi connectivity index (χ2v) is 9.07. The van der Waals surface area contributed by atoms with Gasteiger partial charge in [0.05, 0.1) is 34.9 Å². The first-order valence-electron chi connectivity index (χ1n) is 10.6. The van der Waals surface area contributed by atoms with Crippen LogP contribution in [0.5, 0.6) is 0 Å². The van der Waals surface area contributed by atoms with Gasteiger partial charge in [-0.2, -0.15) is 0 Å². The van der Waals surface area contributed by atoms with E-state index in [1.165, 1.54) is 21.8 Å². The highest BCUT2D eigenvalue weighted by Gasteiger charge is 2.34. The van der Waals surface area contributed by atoms with Crippen molar-refractivity contribution in [2.45, 2.75) is 33.1 Å². The van der Waals surface area contributed by atoms with Gasteiger partial charge in [0.25, 0.3) is 11.8 Å². The maximum atomic E-state index is 12.4. The maximum Gasteiger partial charge on any atom is 0.311 e. The molecular formula is C25H24N2O4S. The highest BCUT2D eigenvalue weighted by atomic mass is 32.1. The van der Waals surface area contributed by atoms with E-state index in [0.29, 0.717) is 30.5 Å². The van der Waals surface area contributed by atoms with E-state index in [-0.39, 0.29) is 30.8 Å². The number of hydrogen-bond acceptors (Lipinski definition) is 6. The Kier molecular flexibility index (Phi) is 6.46. The summed E-state index contributed by atoms with van der Waals surface area (Å²) in [6.07, 6.45) is 1.33. The molecule has 164 valence electrons. The Balaban J connectivity index is 1.25. The quantitative estimate of drug-likeness (QED) is 0.286. The molecule has 0 fully saturated rings. The predicted molar refractivity (Wildman–Crippen MR) is 123 cm³/mol. The van der Waals surface area contributed by atoms with Crippen molar-refractivity contribution in [1.29, 1.82) is 0 Å². The van der Waals surface area contributed by atoms with Crippen molar-refractivity contribution >= 4 is 29.1 Å². The van der Waals surface area contributed by atoms with Crippen LogP contribution in [0.25, 0.3) is 11.3 Å². The number of imide groups is 1. The van der Waals surface area contributed by atoms with Gasteiger partial charge >= 0.3 is 5.97 Å². The third-order valence-corrected chi connectivity index (χ3v) is 6.32. The van der Waals surface area contributed by atoms with Crippen molar-refractivity contribution in [3.8, 4) is 11.3 Å². The molecular weight excluding hydrogens is 424 g/mol. The van der Waals surface area contributed by atoms with E-state index in [2.05, 4.69) is 4.98 Å². The normalized spacial score (nSPS) is 12.9. The van der Waals surface area contributed by atoms with Crippen molar-refractivity contribution in [3.63, 3.8) is 0 Å². The first-order valence-corrected chi connectivity index (χ1v) is 11.4. The van der Waals surface area contributed by atoms with Gasteiger partial charge in [0, 0.05) is 17.0 Å². The monoisotopic (exact) mass is 448 g/mol. The summed E-state index contributed by atoms with van der Waals surface area (Å²) in [5.41, 5.74) is 3.89.